The number of aromatic nitrogens is 4. The Morgan fingerprint density at radius 2 is 2.05 bits per heavy atom. The molecular formula is C15H14N4O2. The Bertz CT molecular complexity index is 843. The first-order valence-corrected chi connectivity index (χ1v) is 6.75. The molecule has 0 radical (unpaired) electrons. The molecule has 0 aliphatic heterocycles. The second kappa shape index (κ2) is 5.32. The number of hydrogen-bond acceptors (Lipinski definition) is 4. The summed E-state index contributed by atoms with van der Waals surface area (Å²) in [4.78, 5) is 20.7. The zero-order chi connectivity index (χ0) is 14.8. The van der Waals surface area contributed by atoms with Crippen LogP contribution in [0.4, 0.5) is 0 Å². The number of nitrogens with zero attached hydrogens (tertiary/aromatic N) is 4. The maximum atomic E-state index is 12.4. The molecule has 6 nitrogen and oxygen atoms in total. The van der Waals surface area contributed by atoms with Gasteiger partial charge in [-0.15, -0.1) is 0 Å². The van der Waals surface area contributed by atoms with Gasteiger partial charge in [0, 0.05) is 12.1 Å². The van der Waals surface area contributed by atoms with E-state index in [1.165, 1.54) is 17.1 Å². The Kier molecular flexibility index (Phi) is 3.35. The van der Waals surface area contributed by atoms with E-state index in [9.17, 15) is 10.0 Å². The lowest BCUT2D eigenvalue weighted by Crippen LogP contribution is -2.33. The minimum absolute atomic E-state index is 0.0482. The largest absolute Gasteiger partial charge is 0.710 e. The molecule has 0 fully saturated rings. The van der Waals surface area contributed by atoms with Gasteiger partial charge in [0.2, 0.25) is 11.8 Å². The van der Waals surface area contributed by atoms with Gasteiger partial charge in [-0.05, 0) is 11.4 Å². The van der Waals surface area contributed by atoms with Gasteiger partial charge in [-0.1, -0.05) is 37.3 Å². The van der Waals surface area contributed by atoms with Crippen molar-refractivity contribution in [1.29, 1.82) is 0 Å². The molecule has 0 amide bonds. The van der Waals surface area contributed by atoms with Crippen molar-refractivity contribution in [2.45, 2.75) is 19.9 Å². The summed E-state index contributed by atoms with van der Waals surface area (Å²) < 4.78 is 2.08. The maximum Gasteiger partial charge on any atom is 0.359 e. The van der Waals surface area contributed by atoms with E-state index in [1.54, 1.807) is 0 Å². The van der Waals surface area contributed by atoms with E-state index in [-0.39, 0.29) is 16.7 Å². The quantitative estimate of drug-likeness (QED) is 0.539. The van der Waals surface area contributed by atoms with Gasteiger partial charge in [0.1, 0.15) is 11.9 Å². The van der Waals surface area contributed by atoms with Crippen molar-refractivity contribution in [2.24, 2.45) is 0 Å². The van der Waals surface area contributed by atoms with Crippen molar-refractivity contribution in [1.82, 2.24) is 14.5 Å². The van der Waals surface area contributed by atoms with Crippen molar-refractivity contribution in [2.75, 3.05) is 0 Å². The van der Waals surface area contributed by atoms with E-state index >= 15 is 0 Å². The van der Waals surface area contributed by atoms with Crippen LogP contribution in [-0.4, -0.2) is 14.5 Å². The molecule has 0 unspecified atom stereocenters. The third kappa shape index (κ3) is 2.35. The molecule has 2 heterocycles. The molecule has 1 aromatic carbocycles. The lowest BCUT2D eigenvalue weighted by atomic mass is 10.2. The van der Waals surface area contributed by atoms with E-state index in [4.69, 9.17) is 0 Å². The van der Waals surface area contributed by atoms with Crippen LogP contribution in [0.1, 0.15) is 13.3 Å². The summed E-state index contributed by atoms with van der Waals surface area (Å²) in [5.74, 6) is 0. The predicted molar refractivity (Wildman–Crippen MR) is 78.5 cm³/mol. The molecular weight excluding hydrogens is 268 g/mol. The van der Waals surface area contributed by atoms with Crippen molar-refractivity contribution >= 4 is 11.2 Å². The normalized spacial score (nSPS) is 10.9. The Balaban J connectivity index is 2.27. The van der Waals surface area contributed by atoms with Crippen LogP contribution in [0, 0.1) is 5.21 Å². The molecule has 21 heavy (non-hydrogen) atoms. The van der Waals surface area contributed by atoms with Gasteiger partial charge in [0.25, 0.3) is 5.56 Å². The summed E-state index contributed by atoms with van der Waals surface area (Å²) in [7, 11) is 0. The fourth-order valence-corrected chi connectivity index (χ4v) is 2.20. The number of hydrogen-bond donors (Lipinski definition) is 0. The second-order valence-electron chi connectivity index (χ2n) is 4.73. The topological polar surface area (TPSA) is 74.7 Å². The standard InChI is InChI=1S/C15H14N4O2/c1-2-8-18-10-16-14-13(15(18)20)17-12(9-19(14)21)11-6-4-3-5-7-11/h3-7,9-10H,2,8H2,1H3. The number of rotatable bonds is 3. The molecule has 0 spiro atoms. The molecule has 0 aliphatic carbocycles. The number of benzene rings is 1. The van der Waals surface area contributed by atoms with Crippen molar-refractivity contribution in [3.8, 4) is 11.3 Å². The van der Waals surface area contributed by atoms with E-state index in [2.05, 4.69) is 9.97 Å². The number of fused-ring (bicyclic) bond motifs is 1. The van der Waals surface area contributed by atoms with Crippen LogP contribution in [0.25, 0.3) is 22.4 Å². The molecule has 2 aromatic heterocycles. The van der Waals surface area contributed by atoms with Crippen LogP contribution in [0.3, 0.4) is 0 Å². The first-order valence-electron chi connectivity index (χ1n) is 6.75. The van der Waals surface area contributed by atoms with Gasteiger partial charge >= 0.3 is 5.65 Å². The van der Waals surface area contributed by atoms with Crippen LogP contribution in [0.5, 0.6) is 0 Å². The molecule has 0 bridgehead atoms. The van der Waals surface area contributed by atoms with Gasteiger partial charge in [-0.25, -0.2) is 9.71 Å². The monoisotopic (exact) mass is 282 g/mol. The molecule has 0 atom stereocenters. The smallest absolute Gasteiger partial charge is 0.359 e. The Morgan fingerprint density at radius 3 is 2.76 bits per heavy atom. The molecule has 0 N–H and O–H groups in total. The Hall–Kier alpha value is -2.76. The second-order valence-corrected chi connectivity index (χ2v) is 4.73. The lowest BCUT2D eigenvalue weighted by molar-refractivity contribution is -0.579. The zero-order valence-corrected chi connectivity index (χ0v) is 11.6. The van der Waals surface area contributed by atoms with Gasteiger partial charge in [0.05, 0.1) is 0 Å². The van der Waals surface area contributed by atoms with E-state index in [0.717, 1.165) is 12.0 Å². The first kappa shape index (κ1) is 13.2. The van der Waals surface area contributed by atoms with Gasteiger partial charge in [0.15, 0.2) is 0 Å². The summed E-state index contributed by atoms with van der Waals surface area (Å²) in [5.41, 5.74) is 1.11. The highest BCUT2D eigenvalue weighted by Gasteiger charge is 2.16. The predicted octanol–water partition coefficient (Wildman–Crippen LogP) is 1.50. The highest BCUT2D eigenvalue weighted by atomic mass is 16.5. The zero-order valence-electron chi connectivity index (χ0n) is 11.6. The van der Waals surface area contributed by atoms with Crippen LogP contribution in [0.15, 0.2) is 47.7 Å². The molecule has 0 saturated carbocycles. The SMILES string of the molecule is CCCn1cnc2c(nc(-c3ccccc3)c[n+]2[O-])c1=O. The molecule has 6 heteroatoms. The third-order valence-corrected chi connectivity index (χ3v) is 3.21. The van der Waals surface area contributed by atoms with Crippen LogP contribution in [0.2, 0.25) is 0 Å². The van der Waals surface area contributed by atoms with Crippen molar-refractivity contribution in [3.05, 3.63) is 58.4 Å². The summed E-state index contributed by atoms with van der Waals surface area (Å²) in [6, 6.07) is 9.28. The average Bonchev–Trinajstić information content (AvgIpc) is 2.51. The molecule has 0 aliphatic rings. The summed E-state index contributed by atoms with van der Waals surface area (Å²) in [6.45, 7) is 2.52. The van der Waals surface area contributed by atoms with Gasteiger partial charge in [-0.2, -0.15) is 0 Å². The highest BCUT2D eigenvalue weighted by molar-refractivity contribution is 5.69. The average molecular weight is 282 g/mol. The molecule has 3 aromatic rings. The van der Waals surface area contributed by atoms with Crippen molar-refractivity contribution < 1.29 is 4.73 Å². The lowest BCUT2D eigenvalue weighted by Gasteiger charge is -2.08. The van der Waals surface area contributed by atoms with E-state index in [1.807, 2.05) is 37.3 Å². The molecule has 3 rings (SSSR count). The fourth-order valence-electron chi connectivity index (χ4n) is 2.20. The Morgan fingerprint density at radius 1 is 1.29 bits per heavy atom. The third-order valence-electron chi connectivity index (χ3n) is 3.21. The van der Waals surface area contributed by atoms with Crippen LogP contribution < -0.4 is 10.3 Å². The number of aryl methyl sites for hydroxylation is 1. The first-order chi connectivity index (χ1) is 10.2. The van der Waals surface area contributed by atoms with Crippen LogP contribution in [-0.2, 0) is 6.54 Å². The minimum atomic E-state index is -0.288. The van der Waals surface area contributed by atoms with E-state index < -0.39 is 0 Å². The van der Waals surface area contributed by atoms with Crippen LogP contribution >= 0.6 is 0 Å². The minimum Gasteiger partial charge on any atom is -0.710 e. The van der Waals surface area contributed by atoms with Gasteiger partial charge in [-0.3, -0.25) is 9.36 Å². The van der Waals surface area contributed by atoms with Gasteiger partial charge < -0.3 is 5.21 Å². The summed E-state index contributed by atoms with van der Waals surface area (Å²) in [5, 5.41) is 12.1. The fraction of sp³-hybridized carbons (Fsp3) is 0.200. The highest BCUT2D eigenvalue weighted by Crippen LogP contribution is 2.15. The molecule has 106 valence electrons. The summed E-state index contributed by atoms with van der Waals surface area (Å²) >= 11 is 0. The van der Waals surface area contributed by atoms with Crippen molar-refractivity contribution in [3.63, 3.8) is 0 Å². The summed E-state index contributed by atoms with van der Waals surface area (Å²) in [6.07, 6.45) is 3.55. The Labute approximate surface area is 120 Å². The molecule has 0 saturated heterocycles. The van der Waals surface area contributed by atoms with E-state index in [0.29, 0.717) is 17.0 Å². The maximum absolute atomic E-state index is 12.4.